The first-order valence-electron chi connectivity index (χ1n) is 2.42. The lowest BCUT2D eigenvalue weighted by Gasteiger charge is -1.78. The SMILES string of the molecule is O=CO/C=C\C=C\C(=O)O. The molecule has 0 aromatic rings. The van der Waals surface area contributed by atoms with E-state index in [-0.39, 0.29) is 6.47 Å². The Morgan fingerprint density at radius 2 is 2.10 bits per heavy atom. The first-order valence-corrected chi connectivity index (χ1v) is 2.42. The van der Waals surface area contributed by atoms with Gasteiger partial charge in [-0.3, -0.25) is 4.79 Å². The fraction of sp³-hybridized carbons (Fsp3) is 0. The van der Waals surface area contributed by atoms with E-state index >= 15 is 0 Å². The molecule has 0 aliphatic rings. The second-order valence-corrected chi connectivity index (χ2v) is 1.26. The van der Waals surface area contributed by atoms with Gasteiger partial charge in [-0.05, 0) is 6.08 Å². The van der Waals surface area contributed by atoms with Crippen LogP contribution in [-0.4, -0.2) is 17.5 Å². The van der Waals surface area contributed by atoms with Gasteiger partial charge in [-0.1, -0.05) is 6.08 Å². The number of rotatable bonds is 4. The van der Waals surface area contributed by atoms with E-state index < -0.39 is 5.97 Å². The molecule has 0 aromatic carbocycles. The van der Waals surface area contributed by atoms with Crippen molar-refractivity contribution in [2.75, 3.05) is 0 Å². The number of carbonyl (C=O) groups excluding carboxylic acids is 1. The molecule has 0 saturated carbocycles. The van der Waals surface area contributed by atoms with E-state index in [9.17, 15) is 9.59 Å². The third kappa shape index (κ3) is 6.42. The number of carboxylic acid groups (broad SMARTS) is 1. The molecule has 0 spiro atoms. The van der Waals surface area contributed by atoms with Gasteiger partial charge < -0.3 is 9.84 Å². The van der Waals surface area contributed by atoms with Crippen LogP contribution in [0.5, 0.6) is 0 Å². The molecule has 0 atom stereocenters. The Morgan fingerprint density at radius 1 is 1.40 bits per heavy atom. The number of hydrogen-bond acceptors (Lipinski definition) is 3. The topological polar surface area (TPSA) is 63.6 Å². The van der Waals surface area contributed by atoms with Crippen molar-refractivity contribution in [3.05, 3.63) is 24.5 Å². The standard InChI is InChI=1S/C6H6O4/c7-5-10-4-2-1-3-6(8)9/h1-5H,(H,8,9)/b3-1+,4-2-. The van der Waals surface area contributed by atoms with E-state index in [4.69, 9.17) is 5.11 Å². The molecule has 0 aliphatic heterocycles. The zero-order valence-corrected chi connectivity index (χ0v) is 5.06. The van der Waals surface area contributed by atoms with Crippen molar-refractivity contribution in [3.8, 4) is 0 Å². The van der Waals surface area contributed by atoms with E-state index in [1.807, 2.05) is 0 Å². The van der Waals surface area contributed by atoms with Crippen LogP contribution < -0.4 is 0 Å². The lowest BCUT2D eigenvalue weighted by molar-refractivity contribution is -0.131. The number of carboxylic acids is 1. The Morgan fingerprint density at radius 3 is 2.60 bits per heavy atom. The molecule has 0 rings (SSSR count). The predicted molar refractivity (Wildman–Crippen MR) is 33.1 cm³/mol. The molecule has 0 bridgehead atoms. The van der Waals surface area contributed by atoms with E-state index in [1.165, 1.54) is 12.2 Å². The minimum absolute atomic E-state index is 0.241. The molecule has 0 saturated heterocycles. The molecule has 0 aliphatic carbocycles. The van der Waals surface area contributed by atoms with Crippen LogP contribution in [0, 0.1) is 0 Å². The maximum absolute atomic E-state index is 9.80. The molecule has 0 radical (unpaired) electrons. The quantitative estimate of drug-likeness (QED) is 0.265. The monoisotopic (exact) mass is 142 g/mol. The summed E-state index contributed by atoms with van der Waals surface area (Å²) in [7, 11) is 0. The summed E-state index contributed by atoms with van der Waals surface area (Å²) in [6.45, 7) is 0.241. The van der Waals surface area contributed by atoms with Gasteiger partial charge in [-0.15, -0.1) is 0 Å². The molecule has 0 aromatic heterocycles. The highest BCUT2D eigenvalue weighted by atomic mass is 16.5. The fourth-order valence-electron chi connectivity index (χ4n) is 0.261. The van der Waals surface area contributed by atoms with E-state index in [1.54, 1.807) is 0 Å². The lowest BCUT2D eigenvalue weighted by Crippen LogP contribution is -1.84. The van der Waals surface area contributed by atoms with Crippen molar-refractivity contribution in [2.24, 2.45) is 0 Å². The molecular weight excluding hydrogens is 136 g/mol. The number of carbonyl (C=O) groups is 2. The molecule has 10 heavy (non-hydrogen) atoms. The van der Waals surface area contributed by atoms with Crippen LogP contribution in [0.1, 0.15) is 0 Å². The van der Waals surface area contributed by atoms with Crippen LogP contribution in [0.15, 0.2) is 24.5 Å². The molecule has 54 valence electrons. The largest absolute Gasteiger partial charge is 0.478 e. The predicted octanol–water partition coefficient (Wildman–Crippen LogP) is 0.314. The van der Waals surface area contributed by atoms with Gasteiger partial charge in [0.05, 0.1) is 6.26 Å². The first kappa shape index (κ1) is 8.42. The molecule has 4 heteroatoms. The van der Waals surface area contributed by atoms with Gasteiger partial charge in [-0.25, -0.2) is 4.79 Å². The molecule has 4 nitrogen and oxygen atoms in total. The third-order valence-corrected chi connectivity index (χ3v) is 0.563. The fourth-order valence-corrected chi connectivity index (χ4v) is 0.261. The highest BCUT2D eigenvalue weighted by molar-refractivity contribution is 5.80. The van der Waals surface area contributed by atoms with Crippen molar-refractivity contribution in [3.63, 3.8) is 0 Å². The Kier molecular flexibility index (Phi) is 4.68. The average molecular weight is 142 g/mol. The Balaban J connectivity index is 3.51. The Labute approximate surface area is 57.4 Å². The molecule has 1 N–H and O–H groups in total. The summed E-state index contributed by atoms with van der Waals surface area (Å²) >= 11 is 0. The number of allylic oxidation sites excluding steroid dienone is 2. The zero-order valence-electron chi connectivity index (χ0n) is 5.06. The normalized spacial score (nSPS) is 10.4. The van der Waals surface area contributed by atoms with Crippen molar-refractivity contribution >= 4 is 12.4 Å². The molecule has 0 fully saturated rings. The van der Waals surface area contributed by atoms with Crippen LogP contribution in [-0.2, 0) is 14.3 Å². The first-order chi connectivity index (χ1) is 4.77. The van der Waals surface area contributed by atoms with Crippen molar-refractivity contribution in [2.45, 2.75) is 0 Å². The molecule has 0 heterocycles. The van der Waals surface area contributed by atoms with Crippen molar-refractivity contribution in [1.29, 1.82) is 0 Å². The molecule has 0 amide bonds. The Hall–Kier alpha value is -1.58. The van der Waals surface area contributed by atoms with Gasteiger partial charge in [0, 0.05) is 6.08 Å². The van der Waals surface area contributed by atoms with Gasteiger partial charge in [0.25, 0.3) is 6.47 Å². The van der Waals surface area contributed by atoms with Crippen molar-refractivity contribution in [1.82, 2.24) is 0 Å². The number of aliphatic carboxylic acids is 1. The smallest absolute Gasteiger partial charge is 0.328 e. The van der Waals surface area contributed by atoms with Gasteiger partial charge in [-0.2, -0.15) is 0 Å². The summed E-state index contributed by atoms with van der Waals surface area (Å²) in [5, 5.41) is 8.04. The zero-order chi connectivity index (χ0) is 7.82. The van der Waals surface area contributed by atoms with Crippen LogP contribution in [0.4, 0.5) is 0 Å². The second-order valence-electron chi connectivity index (χ2n) is 1.26. The Bertz CT molecular complexity index is 169. The maximum atomic E-state index is 9.80. The summed E-state index contributed by atoms with van der Waals surface area (Å²) in [6, 6.07) is 0. The summed E-state index contributed by atoms with van der Waals surface area (Å²) < 4.78 is 4.11. The second kappa shape index (κ2) is 5.55. The van der Waals surface area contributed by atoms with Gasteiger partial charge in [0.1, 0.15) is 0 Å². The number of ether oxygens (including phenoxy) is 1. The maximum Gasteiger partial charge on any atom is 0.328 e. The van der Waals surface area contributed by atoms with Gasteiger partial charge in [0.2, 0.25) is 0 Å². The van der Waals surface area contributed by atoms with E-state index in [0.29, 0.717) is 0 Å². The molecular formula is C6H6O4. The third-order valence-electron chi connectivity index (χ3n) is 0.563. The summed E-state index contributed by atoms with van der Waals surface area (Å²) in [5.74, 6) is -1.05. The summed E-state index contributed by atoms with van der Waals surface area (Å²) in [6.07, 6.45) is 4.53. The lowest BCUT2D eigenvalue weighted by atomic mass is 10.5. The molecule has 0 unspecified atom stereocenters. The summed E-state index contributed by atoms with van der Waals surface area (Å²) in [4.78, 5) is 19.3. The highest BCUT2D eigenvalue weighted by Gasteiger charge is 1.79. The van der Waals surface area contributed by atoms with Crippen LogP contribution in [0.3, 0.4) is 0 Å². The number of hydrogen-bond donors (Lipinski definition) is 1. The average Bonchev–Trinajstić information content (AvgIpc) is 1.87. The van der Waals surface area contributed by atoms with Crippen LogP contribution in [0.25, 0.3) is 0 Å². The van der Waals surface area contributed by atoms with E-state index in [0.717, 1.165) is 12.3 Å². The minimum Gasteiger partial charge on any atom is -0.478 e. The van der Waals surface area contributed by atoms with Crippen molar-refractivity contribution < 1.29 is 19.4 Å². The van der Waals surface area contributed by atoms with Gasteiger partial charge in [0.15, 0.2) is 0 Å². The highest BCUT2D eigenvalue weighted by Crippen LogP contribution is 1.77. The summed E-state index contributed by atoms with van der Waals surface area (Å²) in [5.41, 5.74) is 0. The minimum atomic E-state index is -1.05. The van der Waals surface area contributed by atoms with Crippen LogP contribution >= 0.6 is 0 Å². The van der Waals surface area contributed by atoms with Gasteiger partial charge >= 0.3 is 5.97 Å². The van der Waals surface area contributed by atoms with Crippen LogP contribution in [0.2, 0.25) is 0 Å². The van der Waals surface area contributed by atoms with E-state index in [2.05, 4.69) is 4.74 Å².